The number of urea groups is 1. The van der Waals surface area contributed by atoms with Crippen LogP contribution >= 0.6 is 0 Å². The van der Waals surface area contributed by atoms with Crippen molar-refractivity contribution in [2.75, 3.05) is 43.5 Å². The second-order valence-corrected chi connectivity index (χ2v) is 12.5. The first kappa shape index (κ1) is 27.6. The van der Waals surface area contributed by atoms with Gasteiger partial charge in [-0.25, -0.2) is 4.79 Å². The molecule has 0 saturated carbocycles. The third kappa shape index (κ3) is 5.16. The lowest BCUT2D eigenvalue weighted by atomic mass is 9.97. The number of aromatic nitrogens is 4. The number of rotatable bonds is 6. The lowest BCUT2D eigenvalue weighted by molar-refractivity contribution is 0.187. The number of phenolic OH excluding ortho intramolecular Hbond substituents is 1. The van der Waals surface area contributed by atoms with E-state index in [2.05, 4.69) is 56.6 Å². The number of H-pyrrole nitrogens is 1. The summed E-state index contributed by atoms with van der Waals surface area (Å²) in [6, 6.07) is 20.5. The molecule has 8 rings (SSSR count). The van der Waals surface area contributed by atoms with Gasteiger partial charge in [0.05, 0.1) is 11.7 Å². The minimum atomic E-state index is -0.129. The molecule has 3 aliphatic heterocycles. The summed E-state index contributed by atoms with van der Waals surface area (Å²) >= 11 is 0. The van der Waals surface area contributed by atoms with Gasteiger partial charge in [0.2, 0.25) is 0 Å². The van der Waals surface area contributed by atoms with Gasteiger partial charge in [0.15, 0.2) is 0 Å². The number of hydrogen-bond donors (Lipinski definition) is 3. The Morgan fingerprint density at radius 3 is 2.64 bits per heavy atom. The molecular weight excluding hydrogens is 568 g/mol. The van der Waals surface area contributed by atoms with E-state index in [9.17, 15) is 9.90 Å². The maximum Gasteiger partial charge on any atom is 0.323 e. The standard InChI is InChI=1S/C34H36N8O3/c1-40-14-4-6-25(40)20-45-33-36-30-16-22(29-17-26(43)15-21-5-2-3-7-27(21)29)8-11-28(30)32(38-33)42-23-9-10-24(42)19-41(18-23)34(44)37-31-12-13-35-39-31/h2-3,5,7-8,11-13,15-17,23-25,43H,4,6,9-10,14,18-20H2,1H3,(H2,35,37,39,44)/t23-,24+,25-/m0/s1. The molecule has 3 atom stereocenters. The van der Waals surface area contributed by atoms with Gasteiger partial charge in [0.1, 0.15) is 24.0 Å². The van der Waals surface area contributed by atoms with Crippen LogP contribution in [0.1, 0.15) is 25.7 Å². The van der Waals surface area contributed by atoms with Crippen LogP contribution in [0, 0.1) is 0 Å². The number of nitrogens with one attached hydrogen (secondary N) is 2. The van der Waals surface area contributed by atoms with E-state index in [1.54, 1.807) is 18.3 Å². The first-order valence-corrected chi connectivity index (χ1v) is 15.7. The molecule has 0 spiro atoms. The lowest BCUT2D eigenvalue weighted by Gasteiger charge is -2.42. The number of piperazine rings is 1. The van der Waals surface area contributed by atoms with Crippen LogP contribution < -0.4 is 15.0 Å². The molecule has 2 bridgehead atoms. The van der Waals surface area contributed by atoms with Gasteiger partial charge in [-0.05, 0) is 85.4 Å². The van der Waals surface area contributed by atoms with Crippen LogP contribution in [0.15, 0.2) is 66.9 Å². The number of nitrogens with zero attached hydrogens (tertiary/aromatic N) is 6. The van der Waals surface area contributed by atoms with Crippen LogP contribution in [-0.4, -0.2) is 92.5 Å². The predicted molar refractivity (Wildman–Crippen MR) is 174 cm³/mol. The van der Waals surface area contributed by atoms with Crippen LogP contribution in [0.5, 0.6) is 11.8 Å². The van der Waals surface area contributed by atoms with E-state index >= 15 is 0 Å². The fourth-order valence-corrected chi connectivity index (χ4v) is 7.35. The van der Waals surface area contributed by atoms with E-state index in [0.717, 1.165) is 70.8 Å². The number of anilines is 2. The molecular formula is C34H36N8O3. The number of fused-ring (bicyclic) bond motifs is 4. The van der Waals surface area contributed by atoms with Crippen LogP contribution in [-0.2, 0) is 0 Å². The van der Waals surface area contributed by atoms with Crippen molar-refractivity contribution in [3.8, 4) is 22.9 Å². The number of aromatic hydroxyl groups is 1. The van der Waals surface area contributed by atoms with Crippen LogP contribution in [0.3, 0.4) is 0 Å². The summed E-state index contributed by atoms with van der Waals surface area (Å²) in [5.74, 6) is 1.66. The van der Waals surface area contributed by atoms with E-state index in [4.69, 9.17) is 14.7 Å². The van der Waals surface area contributed by atoms with Crippen LogP contribution in [0.4, 0.5) is 16.4 Å². The van der Waals surface area contributed by atoms with E-state index < -0.39 is 0 Å². The van der Waals surface area contributed by atoms with Crippen molar-refractivity contribution in [3.63, 3.8) is 0 Å². The predicted octanol–water partition coefficient (Wildman–Crippen LogP) is 5.24. The Balaban J connectivity index is 1.16. The molecule has 0 unspecified atom stereocenters. The molecule has 5 heterocycles. The molecule has 3 N–H and O–H groups in total. The monoisotopic (exact) mass is 604 g/mol. The number of benzene rings is 3. The molecule has 3 fully saturated rings. The second-order valence-electron chi connectivity index (χ2n) is 12.5. The Morgan fingerprint density at radius 1 is 1.02 bits per heavy atom. The first-order valence-electron chi connectivity index (χ1n) is 15.7. The van der Waals surface area contributed by atoms with Gasteiger partial charge in [-0.15, -0.1) is 0 Å². The zero-order valence-electron chi connectivity index (χ0n) is 25.2. The summed E-state index contributed by atoms with van der Waals surface area (Å²) in [5.41, 5.74) is 2.70. The summed E-state index contributed by atoms with van der Waals surface area (Å²) in [6.45, 7) is 2.80. The van der Waals surface area contributed by atoms with E-state index in [1.807, 2.05) is 29.2 Å². The summed E-state index contributed by atoms with van der Waals surface area (Å²) < 4.78 is 6.33. The molecule has 0 radical (unpaired) electrons. The highest BCUT2D eigenvalue weighted by atomic mass is 16.5. The molecule has 0 aliphatic carbocycles. The number of likely N-dealkylation sites (tertiary alicyclic amines) is 2. The van der Waals surface area contributed by atoms with Crippen LogP contribution in [0.2, 0.25) is 0 Å². The van der Waals surface area contributed by atoms with Gasteiger partial charge in [0.25, 0.3) is 0 Å². The van der Waals surface area contributed by atoms with Gasteiger partial charge in [0, 0.05) is 42.7 Å². The summed E-state index contributed by atoms with van der Waals surface area (Å²) in [4.78, 5) is 29.7. The second kappa shape index (κ2) is 11.2. The summed E-state index contributed by atoms with van der Waals surface area (Å²) in [7, 11) is 2.14. The fraction of sp³-hybridized carbons (Fsp3) is 0.353. The van der Waals surface area contributed by atoms with Gasteiger partial charge < -0.3 is 24.5 Å². The number of carbonyl (C=O) groups is 1. The quantitative estimate of drug-likeness (QED) is 0.241. The van der Waals surface area contributed by atoms with Crippen molar-refractivity contribution in [1.29, 1.82) is 0 Å². The molecule has 3 saturated heterocycles. The van der Waals surface area contributed by atoms with Crippen LogP contribution in [0.25, 0.3) is 32.8 Å². The van der Waals surface area contributed by atoms with Gasteiger partial charge in [-0.1, -0.05) is 30.3 Å². The van der Waals surface area contributed by atoms with Crippen molar-refractivity contribution in [1.82, 2.24) is 30.0 Å². The number of hydrogen-bond acceptors (Lipinski definition) is 8. The molecule has 230 valence electrons. The number of ether oxygens (including phenoxy) is 1. The number of phenols is 1. The lowest BCUT2D eigenvalue weighted by Crippen LogP contribution is -2.56. The van der Waals surface area contributed by atoms with Crippen molar-refractivity contribution >= 4 is 39.3 Å². The minimum absolute atomic E-state index is 0.123. The zero-order valence-corrected chi connectivity index (χ0v) is 25.2. The molecule has 5 aromatic rings. The number of aromatic amines is 1. The number of carbonyl (C=O) groups excluding carboxylic acids is 1. The molecule has 45 heavy (non-hydrogen) atoms. The average molecular weight is 605 g/mol. The Morgan fingerprint density at radius 2 is 1.87 bits per heavy atom. The van der Waals surface area contributed by atoms with E-state index in [-0.39, 0.29) is 23.9 Å². The smallest absolute Gasteiger partial charge is 0.323 e. The molecule has 3 aliphatic rings. The van der Waals surface area contributed by atoms with Gasteiger partial charge >= 0.3 is 12.0 Å². The third-order valence-corrected chi connectivity index (χ3v) is 9.65. The zero-order chi connectivity index (χ0) is 30.5. The van der Waals surface area contributed by atoms with Gasteiger partial charge in [-0.2, -0.15) is 15.1 Å². The van der Waals surface area contributed by atoms with Crippen molar-refractivity contribution < 1.29 is 14.6 Å². The molecule has 2 amide bonds. The average Bonchev–Trinajstić information content (AvgIpc) is 3.78. The summed E-state index contributed by atoms with van der Waals surface area (Å²) in [5, 5.41) is 23.2. The topological polar surface area (TPSA) is 123 Å². The minimum Gasteiger partial charge on any atom is -0.508 e. The molecule has 11 nitrogen and oxygen atoms in total. The third-order valence-electron chi connectivity index (χ3n) is 9.65. The number of amides is 2. The summed E-state index contributed by atoms with van der Waals surface area (Å²) in [6.07, 6.45) is 5.83. The fourth-order valence-electron chi connectivity index (χ4n) is 7.35. The van der Waals surface area contributed by atoms with Gasteiger partial charge in [-0.3, -0.25) is 10.4 Å². The Labute approximate surface area is 260 Å². The normalized spacial score (nSPS) is 21.6. The highest BCUT2D eigenvalue weighted by Crippen LogP contribution is 2.40. The number of likely N-dealkylation sites (N-methyl/N-ethyl adjacent to an activating group) is 1. The maximum absolute atomic E-state index is 13.1. The van der Waals surface area contributed by atoms with E-state index in [1.165, 1.54) is 0 Å². The largest absolute Gasteiger partial charge is 0.508 e. The molecule has 2 aromatic heterocycles. The SMILES string of the molecule is CN1CCC[C@H]1COc1nc(N2[C@@H]3CC[C@H]2CN(C(=O)Nc2ccn[nH]2)C3)c2ccc(-c3cc(O)cc4ccccc34)cc2n1. The Kier molecular flexibility index (Phi) is 6.89. The first-order chi connectivity index (χ1) is 22.0. The van der Waals surface area contributed by atoms with Crippen molar-refractivity contribution in [2.24, 2.45) is 0 Å². The highest BCUT2D eigenvalue weighted by Gasteiger charge is 2.43. The Bertz CT molecular complexity index is 1870. The maximum atomic E-state index is 13.1. The van der Waals surface area contributed by atoms with Crippen molar-refractivity contribution in [2.45, 2.75) is 43.8 Å². The molecule has 3 aromatic carbocycles. The highest BCUT2D eigenvalue weighted by molar-refractivity contribution is 6.01. The van der Waals surface area contributed by atoms with Crippen molar-refractivity contribution in [3.05, 3.63) is 66.9 Å². The van der Waals surface area contributed by atoms with E-state index in [0.29, 0.717) is 37.6 Å². The Hall–Kier alpha value is -4.90. The molecule has 11 heteroatoms.